The van der Waals surface area contributed by atoms with Crippen LogP contribution in [-0.4, -0.2) is 18.9 Å². The molecule has 0 radical (unpaired) electrons. The van der Waals surface area contributed by atoms with Crippen LogP contribution in [-0.2, 0) is 0 Å². The summed E-state index contributed by atoms with van der Waals surface area (Å²) < 4.78 is 11.2. The number of benzene rings is 2. The van der Waals surface area contributed by atoms with Crippen molar-refractivity contribution >= 4 is 27.7 Å². The summed E-state index contributed by atoms with van der Waals surface area (Å²) in [5.74, 6) is -0.109. The fourth-order valence-corrected chi connectivity index (χ4v) is 2.20. The molecule has 0 saturated carbocycles. The maximum absolute atomic E-state index is 12.2. The van der Waals surface area contributed by atoms with Gasteiger partial charge in [-0.25, -0.2) is 4.79 Å². The largest absolute Gasteiger partial charge is 0.496 e. The van der Waals surface area contributed by atoms with Crippen LogP contribution < -0.4 is 9.47 Å². The van der Waals surface area contributed by atoms with Crippen LogP contribution in [0.25, 0.3) is 0 Å². The Morgan fingerprint density at radius 1 is 1.00 bits per heavy atom. The van der Waals surface area contributed by atoms with Gasteiger partial charge in [-0.2, -0.15) is 0 Å². The molecule has 0 atom stereocenters. The van der Waals surface area contributed by atoms with Crippen molar-refractivity contribution in [3.05, 3.63) is 58.1 Å². The highest BCUT2D eigenvalue weighted by molar-refractivity contribution is 9.10. The van der Waals surface area contributed by atoms with Crippen LogP contribution in [0.2, 0.25) is 0 Å². The van der Waals surface area contributed by atoms with Crippen molar-refractivity contribution in [3.8, 4) is 11.5 Å². The standard InChI is InChI=1S/C16H13BrO4/c1-10(18)13-9-11(17)7-8-15(13)21-16(19)12-5-3-4-6-14(12)20-2/h3-9H,1-2H3. The summed E-state index contributed by atoms with van der Waals surface area (Å²) in [6.07, 6.45) is 0. The number of halogens is 1. The van der Waals surface area contributed by atoms with Crippen molar-refractivity contribution in [2.45, 2.75) is 6.92 Å². The molecule has 0 amide bonds. The van der Waals surface area contributed by atoms with E-state index in [0.717, 1.165) is 4.47 Å². The van der Waals surface area contributed by atoms with E-state index in [1.807, 2.05) is 0 Å². The van der Waals surface area contributed by atoms with Crippen LogP contribution in [0.3, 0.4) is 0 Å². The second-order valence-corrected chi connectivity index (χ2v) is 5.20. The van der Waals surface area contributed by atoms with E-state index in [4.69, 9.17) is 9.47 Å². The molecule has 4 nitrogen and oxygen atoms in total. The SMILES string of the molecule is COc1ccccc1C(=O)Oc1ccc(Br)cc1C(C)=O. The van der Waals surface area contributed by atoms with E-state index in [2.05, 4.69) is 15.9 Å². The van der Waals surface area contributed by atoms with Gasteiger partial charge in [0.15, 0.2) is 5.78 Å². The summed E-state index contributed by atoms with van der Waals surface area (Å²) in [6.45, 7) is 1.42. The number of hydrogen-bond donors (Lipinski definition) is 0. The lowest BCUT2D eigenvalue weighted by atomic mass is 10.1. The van der Waals surface area contributed by atoms with Gasteiger partial charge in [0.2, 0.25) is 0 Å². The van der Waals surface area contributed by atoms with Gasteiger partial charge in [0, 0.05) is 4.47 Å². The highest BCUT2D eigenvalue weighted by Gasteiger charge is 2.17. The number of methoxy groups -OCH3 is 1. The quantitative estimate of drug-likeness (QED) is 0.478. The Hall–Kier alpha value is -2.14. The van der Waals surface area contributed by atoms with Crippen molar-refractivity contribution in [1.82, 2.24) is 0 Å². The summed E-state index contributed by atoms with van der Waals surface area (Å²) in [4.78, 5) is 23.9. The van der Waals surface area contributed by atoms with Gasteiger partial charge in [-0.3, -0.25) is 4.79 Å². The van der Waals surface area contributed by atoms with Crippen molar-refractivity contribution in [1.29, 1.82) is 0 Å². The maximum Gasteiger partial charge on any atom is 0.347 e. The highest BCUT2D eigenvalue weighted by atomic mass is 79.9. The zero-order valence-corrected chi connectivity index (χ0v) is 13.1. The Labute approximate surface area is 130 Å². The Kier molecular flexibility index (Phi) is 4.75. The molecule has 0 aliphatic heterocycles. The van der Waals surface area contributed by atoms with Crippen molar-refractivity contribution < 1.29 is 19.1 Å². The molecule has 5 heteroatoms. The minimum atomic E-state index is -0.572. The van der Waals surface area contributed by atoms with E-state index in [1.165, 1.54) is 14.0 Å². The first-order valence-corrected chi connectivity index (χ1v) is 6.98. The van der Waals surface area contributed by atoms with E-state index in [9.17, 15) is 9.59 Å². The molecule has 0 aromatic heterocycles. The number of carbonyl (C=O) groups excluding carboxylic acids is 2. The van der Waals surface area contributed by atoms with Crippen LogP contribution in [0.1, 0.15) is 27.6 Å². The number of carbonyl (C=O) groups is 2. The molecule has 0 fully saturated rings. The number of rotatable bonds is 4. The molecule has 21 heavy (non-hydrogen) atoms. The molecule has 0 aliphatic carbocycles. The lowest BCUT2D eigenvalue weighted by Gasteiger charge is -2.10. The normalized spacial score (nSPS) is 10.0. The summed E-state index contributed by atoms with van der Waals surface area (Å²) in [5, 5.41) is 0. The third kappa shape index (κ3) is 3.49. The third-order valence-corrected chi connectivity index (χ3v) is 3.34. The van der Waals surface area contributed by atoms with Crippen LogP contribution in [0.4, 0.5) is 0 Å². The second kappa shape index (κ2) is 6.54. The van der Waals surface area contributed by atoms with E-state index in [1.54, 1.807) is 42.5 Å². The van der Waals surface area contributed by atoms with Crippen molar-refractivity contribution in [2.24, 2.45) is 0 Å². The Morgan fingerprint density at radius 2 is 1.71 bits per heavy atom. The maximum atomic E-state index is 12.2. The average Bonchev–Trinajstić information content (AvgIpc) is 2.48. The highest BCUT2D eigenvalue weighted by Crippen LogP contribution is 2.26. The van der Waals surface area contributed by atoms with Crippen LogP contribution in [0, 0.1) is 0 Å². The summed E-state index contributed by atoms with van der Waals surface area (Å²) in [5.41, 5.74) is 0.644. The van der Waals surface area contributed by atoms with Gasteiger partial charge in [-0.05, 0) is 37.3 Å². The molecule has 0 spiro atoms. The lowest BCUT2D eigenvalue weighted by molar-refractivity contribution is 0.0729. The summed E-state index contributed by atoms with van der Waals surface area (Å²) in [6, 6.07) is 11.7. The molecular formula is C16H13BrO4. The van der Waals surface area contributed by atoms with Gasteiger partial charge >= 0.3 is 5.97 Å². The van der Waals surface area contributed by atoms with Gasteiger partial charge in [-0.1, -0.05) is 28.1 Å². The molecule has 0 N–H and O–H groups in total. The summed E-state index contributed by atoms with van der Waals surface area (Å²) in [7, 11) is 1.48. The molecule has 108 valence electrons. The van der Waals surface area contributed by atoms with Crippen molar-refractivity contribution in [2.75, 3.05) is 7.11 Å². The number of ether oxygens (including phenoxy) is 2. The molecule has 2 rings (SSSR count). The third-order valence-electron chi connectivity index (χ3n) is 2.85. The topological polar surface area (TPSA) is 52.6 Å². The van der Waals surface area contributed by atoms with E-state index in [0.29, 0.717) is 16.9 Å². The molecular weight excluding hydrogens is 336 g/mol. The number of esters is 1. The average molecular weight is 349 g/mol. The predicted molar refractivity (Wildman–Crippen MR) is 82.1 cm³/mol. The van der Waals surface area contributed by atoms with Gasteiger partial charge in [0.1, 0.15) is 17.1 Å². The number of hydrogen-bond acceptors (Lipinski definition) is 4. The monoisotopic (exact) mass is 348 g/mol. The van der Waals surface area contributed by atoms with Crippen molar-refractivity contribution in [3.63, 3.8) is 0 Å². The predicted octanol–water partition coefficient (Wildman–Crippen LogP) is 3.88. The first-order chi connectivity index (χ1) is 10.0. The van der Waals surface area contributed by atoms with E-state index >= 15 is 0 Å². The fraction of sp³-hybridized carbons (Fsp3) is 0.125. The van der Waals surface area contributed by atoms with E-state index < -0.39 is 5.97 Å². The van der Waals surface area contributed by atoms with Gasteiger partial charge < -0.3 is 9.47 Å². The Bertz CT molecular complexity index is 694. The minimum Gasteiger partial charge on any atom is -0.496 e. The molecule has 0 unspecified atom stereocenters. The number of Topliss-reactive ketones (excluding diaryl/α,β-unsaturated/α-hetero) is 1. The summed E-state index contributed by atoms with van der Waals surface area (Å²) >= 11 is 3.29. The molecule has 0 aliphatic rings. The number of para-hydroxylation sites is 1. The van der Waals surface area contributed by atoms with Crippen LogP contribution in [0.15, 0.2) is 46.9 Å². The van der Waals surface area contributed by atoms with Gasteiger partial charge in [0.25, 0.3) is 0 Å². The second-order valence-electron chi connectivity index (χ2n) is 4.29. The van der Waals surface area contributed by atoms with E-state index in [-0.39, 0.29) is 11.5 Å². The minimum absolute atomic E-state index is 0.181. The zero-order chi connectivity index (χ0) is 15.4. The van der Waals surface area contributed by atoms with Crippen LogP contribution in [0.5, 0.6) is 11.5 Å². The fourth-order valence-electron chi connectivity index (χ4n) is 1.83. The van der Waals surface area contributed by atoms with Crippen LogP contribution >= 0.6 is 15.9 Å². The molecule has 0 heterocycles. The smallest absolute Gasteiger partial charge is 0.347 e. The molecule has 2 aromatic rings. The zero-order valence-electron chi connectivity index (χ0n) is 11.6. The molecule has 0 saturated heterocycles. The Morgan fingerprint density at radius 3 is 2.38 bits per heavy atom. The molecule has 0 bridgehead atoms. The molecule has 2 aromatic carbocycles. The first kappa shape index (κ1) is 15.3. The number of ketones is 1. The van der Waals surface area contributed by atoms with Gasteiger partial charge in [0.05, 0.1) is 12.7 Å². The Balaban J connectivity index is 2.34. The lowest BCUT2D eigenvalue weighted by Crippen LogP contribution is -2.12. The first-order valence-electron chi connectivity index (χ1n) is 6.18. The van der Waals surface area contributed by atoms with Gasteiger partial charge in [-0.15, -0.1) is 0 Å².